The van der Waals surface area contributed by atoms with Crippen LogP contribution in [0.25, 0.3) is 0 Å². The lowest BCUT2D eigenvalue weighted by atomic mass is 10.1. The molecule has 4 nitrogen and oxygen atoms in total. The summed E-state index contributed by atoms with van der Waals surface area (Å²) >= 11 is 0. The predicted molar refractivity (Wildman–Crippen MR) is 51.5 cm³/mol. The number of piperidine rings is 1. The number of β-amino-alcohol motifs (C(OH)–C–C–N with tert-alkyl or cyclic N) is 1. The number of ether oxygens (including phenoxy) is 1. The second-order valence-corrected chi connectivity index (χ2v) is 3.63. The molecule has 13 heavy (non-hydrogen) atoms. The largest absolute Gasteiger partial charge is 0.390 e. The van der Waals surface area contributed by atoms with E-state index in [0.29, 0.717) is 19.2 Å². The van der Waals surface area contributed by atoms with Crippen molar-refractivity contribution < 1.29 is 9.84 Å². The van der Waals surface area contributed by atoms with Crippen LogP contribution >= 0.6 is 0 Å². The summed E-state index contributed by atoms with van der Waals surface area (Å²) in [4.78, 5) is 2.24. The van der Waals surface area contributed by atoms with E-state index in [1.807, 2.05) is 0 Å². The van der Waals surface area contributed by atoms with Crippen LogP contribution in [0.4, 0.5) is 0 Å². The first kappa shape index (κ1) is 10.9. The molecule has 1 rings (SSSR count). The van der Waals surface area contributed by atoms with E-state index in [1.54, 1.807) is 7.11 Å². The Morgan fingerprint density at radius 2 is 2.15 bits per heavy atom. The highest BCUT2D eigenvalue weighted by Crippen LogP contribution is 2.12. The Labute approximate surface area is 79.7 Å². The first-order valence-corrected chi connectivity index (χ1v) is 4.89. The molecule has 1 aliphatic heterocycles. The molecule has 1 saturated heterocycles. The number of methoxy groups -OCH3 is 1. The van der Waals surface area contributed by atoms with Gasteiger partial charge in [0.2, 0.25) is 0 Å². The van der Waals surface area contributed by atoms with Gasteiger partial charge in [0.15, 0.2) is 0 Å². The molecule has 0 amide bonds. The molecule has 0 bridgehead atoms. The number of hydrogen-bond acceptors (Lipinski definition) is 4. The molecule has 3 N–H and O–H groups in total. The number of hydrogen-bond donors (Lipinski definition) is 2. The summed E-state index contributed by atoms with van der Waals surface area (Å²) < 4.78 is 5.26. The van der Waals surface area contributed by atoms with E-state index in [4.69, 9.17) is 10.5 Å². The van der Waals surface area contributed by atoms with Crippen LogP contribution in [0.15, 0.2) is 0 Å². The molecule has 0 unspecified atom stereocenters. The molecule has 1 aliphatic rings. The van der Waals surface area contributed by atoms with E-state index < -0.39 is 0 Å². The van der Waals surface area contributed by atoms with Gasteiger partial charge >= 0.3 is 0 Å². The van der Waals surface area contributed by atoms with Crippen LogP contribution in [-0.4, -0.2) is 55.5 Å². The summed E-state index contributed by atoms with van der Waals surface area (Å²) in [6.07, 6.45) is 2.16. The van der Waals surface area contributed by atoms with Crippen LogP contribution in [0.1, 0.15) is 12.8 Å². The molecular formula is C9H20N2O2. The van der Waals surface area contributed by atoms with Gasteiger partial charge in [0, 0.05) is 33.3 Å². The third-order valence-corrected chi connectivity index (χ3v) is 2.61. The zero-order valence-corrected chi connectivity index (χ0v) is 8.28. The topological polar surface area (TPSA) is 58.7 Å². The van der Waals surface area contributed by atoms with Gasteiger partial charge in [0.05, 0.1) is 12.2 Å². The van der Waals surface area contributed by atoms with E-state index in [1.165, 1.54) is 0 Å². The van der Waals surface area contributed by atoms with Crippen molar-refractivity contribution in [2.24, 2.45) is 5.73 Å². The van der Waals surface area contributed by atoms with Crippen molar-refractivity contribution in [1.82, 2.24) is 4.90 Å². The van der Waals surface area contributed by atoms with E-state index in [0.717, 1.165) is 25.9 Å². The summed E-state index contributed by atoms with van der Waals surface area (Å²) in [6.45, 7) is 3.07. The number of rotatable bonds is 4. The first-order valence-electron chi connectivity index (χ1n) is 4.89. The van der Waals surface area contributed by atoms with Gasteiger partial charge in [-0.3, -0.25) is 0 Å². The fourth-order valence-electron chi connectivity index (χ4n) is 1.70. The maximum absolute atomic E-state index is 9.34. The lowest BCUT2D eigenvalue weighted by Gasteiger charge is -2.32. The second-order valence-electron chi connectivity index (χ2n) is 3.63. The Morgan fingerprint density at radius 3 is 2.62 bits per heavy atom. The fraction of sp³-hybridized carbons (Fsp3) is 1.00. The SMILES string of the molecule is COC1CCN(C[C@H](O)CN)CC1. The molecule has 78 valence electrons. The first-order chi connectivity index (χ1) is 6.26. The molecule has 1 fully saturated rings. The van der Waals surface area contributed by atoms with Crippen LogP contribution in [-0.2, 0) is 4.74 Å². The molecule has 0 saturated carbocycles. The lowest BCUT2D eigenvalue weighted by Crippen LogP contribution is -2.42. The standard InChI is InChI=1S/C9H20N2O2/c1-13-9-2-4-11(5-3-9)7-8(12)6-10/h8-9,12H,2-7,10H2,1H3/t8-/m1/s1. The highest BCUT2D eigenvalue weighted by molar-refractivity contribution is 4.74. The minimum atomic E-state index is -0.376. The number of aliphatic hydroxyl groups is 1. The highest BCUT2D eigenvalue weighted by atomic mass is 16.5. The Morgan fingerprint density at radius 1 is 1.54 bits per heavy atom. The normalized spacial score (nSPS) is 23.3. The predicted octanol–water partition coefficient (Wildman–Crippen LogP) is -0.583. The van der Waals surface area contributed by atoms with Crippen molar-refractivity contribution in [2.45, 2.75) is 25.0 Å². The molecule has 1 heterocycles. The van der Waals surface area contributed by atoms with Crippen molar-refractivity contribution >= 4 is 0 Å². The summed E-state index contributed by atoms with van der Waals surface area (Å²) in [5.41, 5.74) is 5.34. The van der Waals surface area contributed by atoms with Gasteiger partial charge < -0.3 is 20.5 Å². The minimum absolute atomic E-state index is 0.351. The number of nitrogens with two attached hydrogens (primary N) is 1. The van der Waals surface area contributed by atoms with E-state index in [2.05, 4.69) is 4.90 Å². The third kappa shape index (κ3) is 3.60. The van der Waals surface area contributed by atoms with Gasteiger partial charge in [-0.2, -0.15) is 0 Å². The summed E-state index contributed by atoms with van der Waals surface area (Å²) in [5, 5.41) is 9.34. The molecule has 0 aromatic carbocycles. The zero-order valence-electron chi connectivity index (χ0n) is 8.28. The maximum atomic E-state index is 9.34. The van der Waals surface area contributed by atoms with Crippen LogP contribution in [0.3, 0.4) is 0 Å². The molecule has 4 heteroatoms. The summed E-state index contributed by atoms with van der Waals surface area (Å²) in [5.74, 6) is 0. The molecule has 0 aliphatic carbocycles. The van der Waals surface area contributed by atoms with Gasteiger partial charge in [0.25, 0.3) is 0 Å². The number of likely N-dealkylation sites (tertiary alicyclic amines) is 1. The van der Waals surface area contributed by atoms with Crippen molar-refractivity contribution in [1.29, 1.82) is 0 Å². The highest BCUT2D eigenvalue weighted by Gasteiger charge is 2.19. The van der Waals surface area contributed by atoms with Gasteiger partial charge in [-0.1, -0.05) is 0 Å². The molecule has 0 radical (unpaired) electrons. The smallest absolute Gasteiger partial charge is 0.0789 e. The van der Waals surface area contributed by atoms with Crippen molar-refractivity contribution in [2.75, 3.05) is 33.3 Å². The quantitative estimate of drug-likeness (QED) is 0.619. The number of nitrogens with zero attached hydrogens (tertiary/aromatic N) is 1. The average molecular weight is 188 g/mol. The van der Waals surface area contributed by atoms with Crippen molar-refractivity contribution in [3.8, 4) is 0 Å². The van der Waals surface area contributed by atoms with Crippen LogP contribution < -0.4 is 5.73 Å². The van der Waals surface area contributed by atoms with E-state index in [-0.39, 0.29) is 6.10 Å². The second kappa shape index (κ2) is 5.54. The molecule has 1 atom stereocenters. The van der Waals surface area contributed by atoms with Gasteiger partial charge in [-0.25, -0.2) is 0 Å². The van der Waals surface area contributed by atoms with Gasteiger partial charge in [-0.05, 0) is 12.8 Å². The molecule has 0 aromatic rings. The average Bonchev–Trinajstić information content (AvgIpc) is 2.19. The van der Waals surface area contributed by atoms with Crippen molar-refractivity contribution in [3.05, 3.63) is 0 Å². The minimum Gasteiger partial charge on any atom is -0.390 e. The Kier molecular flexibility index (Phi) is 4.66. The van der Waals surface area contributed by atoms with E-state index >= 15 is 0 Å². The fourth-order valence-corrected chi connectivity index (χ4v) is 1.70. The Hall–Kier alpha value is -0.160. The van der Waals surface area contributed by atoms with Crippen LogP contribution in [0.5, 0.6) is 0 Å². The third-order valence-electron chi connectivity index (χ3n) is 2.61. The van der Waals surface area contributed by atoms with Gasteiger partial charge in [-0.15, -0.1) is 0 Å². The molecular weight excluding hydrogens is 168 g/mol. The lowest BCUT2D eigenvalue weighted by molar-refractivity contribution is 0.0259. The van der Waals surface area contributed by atoms with Crippen LogP contribution in [0, 0.1) is 0 Å². The van der Waals surface area contributed by atoms with Crippen LogP contribution in [0.2, 0.25) is 0 Å². The maximum Gasteiger partial charge on any atom is 0.0789 e. The zero-order chi connectivity index (χ0) is 9.68. The van der Waals surface area contributed by atoms with E-state index in [9.17, 15) is 5.11 Å². The summed E-state index contributed by atoms with van der Waals surface area (Å²) in [6, 6.07) is 0. The Bertz CT molecular complexity index is 136. The summed E-state index contributed by atoms with van der Waals surface area (Å²) in [7, 11) is 1.76. The monoisotopic (exact) mass is 188 g/mol. The Balaban J connectivity index is 2.17. The van der Waals surface area contributed by atoms with Crippen molar-refractivity contribution in [3.63, 3.8) is 0 Å². The molecule has 0 spiro atoms. The number of aliphatic hydroxyl groups excluding tert-OH is 1. The molecule has 0 aromatic heterocycles. The van der Waals surface area contributed by atoms with Gasteiger partial charge in [0.1, 0.15) is 0 Å².